The van der Waals surface area contributed by atoms with Gasteiger partial charge in [-0.15, -0.1) is 0 Å². The number of aliphatic imine (C=N–C) groups is 1. The lowest BCUT2D eigenvalue weighted by Gasteiger charge is -2.24. The van der Waals surface area contributed by atoms with E-state index in [0.29, 0.717) is 30.5 Å². The summed E-state index contributed by atoms with van der Waals surface area (Å²) < 4.78 is 45.7. The number of alkyl carbamates (subject to hydrolysis) is 2. The van der Waals surface area contributed by atoms with E-state index in [9.17, 15) is 22.8 Å². The van der Waals surface area contributed by atoms with Gasteiger partial charge in [0.25, 0.3) is 0 Å². The third kappa shape index (κ3) is 11.7. The Morgan fingerprint density at radius 2 is 1.62 bits per heavy atom. The largest absolute Gasteiger partial charge is 0.487 e. The summed E-state index contributed by atoms with van der Waals surface area (Å²) in [5.41, 5.74) is 0.151. The molecule has 3 N–H and O–H groups in total. The number of benzene rings is 2. The second-order valence-electron chi connectivity index (χ2n) is 14.3. The zero-order valence-electron chi connectivity index (χ0n) is 30.8. The number of carbonyl (C=O) groups is 3. The predicted octanol–water partition coefficient (Wildman–Crippen LogP) is 6.49. The molecule has 1 aromatic heterocycles. The molecule has 3 aromatic rings. The Balaban J connectivity index is 1.40. The number of ether oxygens (including phenoxy) is 3. The van der Waals surface area contributed by atoms with Gasteiger partial charge >= 0.3 is 12.2 Å². The molecule has 1 aliphatic rings. The molecule has 0 aliphatic carbocycles. The van der Waals surface area contributed by atoms with Crippen LogP contribution in [-0.2, 0) is 30.9 Å². The molecule has 288 valence electrons. The van der Waals surface area contributed by atoms with Gasteiger partial charge in [0, 0.05) is 41.3 Å². The van der Waals surface area contributed by atoms with Gasteiger partial charge in [0.1, 0.15) is 40.0 Å². The van der Waals surface area contributed by atoms with Crippen LogP contribution in [0.5, 0.6) is 5.75 Å². The lowest BCUT2D eigenvalue weighted by atomic mass is 10.2. The highest BCUT2D eigenvalue weighted by molar-refractivity contribution is 7.89. The highest BCUT2D eigenvalue weighted by Crippen LogP contribution is 2.36. The molecule has 1 aliphatic heterocycles. The summed E-state index contributed by atoms with van der Waals surface area (Å²) in [7, 11) is -4.23. The molecule has 3 amide bonds. The van der Waals surface area contributed by atoms with E-state index in [1.54, 1.807) is 47.6 Å². The molecule has 4 rings (SSSR count). The number of rotatable bonds is 10. The van der Waals surface area contributed by atoms with Crippen LogP contribution in [0.4, 0.5) is 9.59 Å². The van der Waals surface area contributed by atoms with E-state index >= 15 is 0 Å². The third-order valence-electron chi connectivity index (χ3n) is 7.58. The number of nitrogens with one attached hydrogen (secondary N) is 3. The number of halogens is 2. The number of fused-ring (bicyclic) bond motifs is 1. The molecule has 1 saturated heterocycles. The predicted molar refractivity (Wildman–Crippen MR) is 203 cm³/mol. The van der Waals surface area contributed by atoms with Crippen LogP contribution in [0.3, 0.4) is 0 Å². The van der Waals surface area contributed by atoms with Crippen molar-refractivity contribution in [2.75, 3.05) is 19.6 Å². The van der Waals surface area contributed by atoms with E-state index in [1.165, 1.54) is 12.1 Å². The fourth-order valence-corrected chi connectivity index (χ4v) is 7.84. The Hall–Kier alpha value is -4.18. The van der Waals surface area contributed by atoms with Crippen LogP contribution in [0.2, 0.25) is 10.0 Å². The van der Waals surface area contributed by atoms with E-state index < -0.39 is 45.4 Å². The summed E-state index contributed by atoms with van der Waals surface area (Å²) in [6.45, 7) is 12.2. The average Bonchev–Trinajstić information content (AvgIpc) is 3.54. The fraction of sp³-hybridized carbons (Fsp3) is 0.472. The summed E-state index contributed by atoms with van der Waals surface area (Å²) >= 11 is 13.2. The van der Waals surface area contributed by atoms with Crippen LogP contribution in [0.1, 0.15) is 72.1 Å². The first-order valence-corrected chi connectivity index (χ1v) is 19.2. The SMILES string of the molecule is Cc1ccc2cccc(OCc3c(Cl)ccc(S(=O)(=O)N4CCC[C@H]4C(=O)NCCCN=C(NC(=O)OC(C)(C)C)NC(=O)OC(C)(C)C)c3Cl)c2n1. The van der Waals surface area contributed by atoms with Gasteiger partial charge in [-0.3, -0.25) is 20.4 Å². The number of pyridine rings is 1. The van der Waals surface area contributed by atoms with Gasteiger partial charge in [-0.2, -0.15) is 4.31 Å². The minimum absolute atomic E-state index is 0.0769. The van der Waals surface area contributed by atoms with Crippen molar-refractivity contribution in [2.24, 2.45) is 4.99 Å². The fourth-order valence-electron chi connectivity index (χ4n) is 5.32. The number of guanidine groups is 1. The first-order chi connectivity index (χ1) is 24.7. The molecule has 17 heteroatoms. The standard InChI is InChI=1S/C36H46Cl2N6O8S/c1-22-14-15-23-11-8-13-27(30(23)41-22)50-21-24-25(37)16-17-28(29(24)38)53(48,49)44-20-9-12-26(44)31(45)39-18-10-19-40-32(42-33(46)51-35(2,3)4)43-34(47)52-36(5,6)7/h8,11,13-17,26H,9-10,12,18-21H2,1-7H3,(H,39,45)(H2,40,42,43,46,47)/t26-/m0/s1. The zero-order valence-corrected chi connectivity index (χ0v) is 33.2. The molecule has 1 fully saturated rings. The lowest BCUT2D eigenvalue weighted by molar-refractivity contribution is -0.124. The van der Waals surface area contributed by atoms with Crippen LogP contribution in [0.15, 0.2) is 52.4 Å². The number of sulfonamides is 1. The van der Waals surface area contributed by atoms with Crippen molar-refractivity contribution < 1.29 is 37.0 Å². The van der Waals surface area contributed by atoms with Crippen molar-refractivity contribution in [2.45, 2.75) is 96.5 Å². The van der Waals surface area contributed by atoms with Crippen molar-refractivity contribution in [1.29, 1.82) is 0 Å². The Morgan fingerprint density at radius 3 is 2.26 bits per heavy atom. The van der Waals surface area contributed by atoms with Crippen LogP contribution >= 0.6 is 23.2 Å². The van der Waals surface area contributed by atoms with E-state index in [4.69, 9.17) is 37.4 Å². The molecule has 0 saturated carbocycles. The monoisotopic (exact) mass is 792 g/mol. The van der Waals surface area contributed by atoms with Crippen molar-refractivity contribution in [3.63, 3.8) is 0 Å². The van der Waals surface area contributed by atoms with E-state index in [2.05, 4.69) is 25.9 Å². The molecule has 14 nitrogen and oxygen atoms in total. The van der Waals surface area contributed by atoms with Crippen LogP contribution < -0.4 is 20.7 Å². The van der Waals surface area contributed by atoms with Gasteiger partial charge in [-0.25, -0.2) is 23.0 Å². The molecule has 0 bridgehead atoms. The molecule has 2 aromatic carbocycles. The summed E-state index contributed by atoms with van der Waals surface area (Å²) in [5.74, 6) is -0.189. The topological polar surface area (TPSA) is 178 Å². The van der Waals surface area contributed by atoms with Crippen LogP contribution in [0.25, 0.3) is 10.9 Å². The molecule has 1 atom stereocenters. The van der Waals surface area contributed by atoms with E-state index in [-0.39, 0.29) is 52.7 Å². The Morgan fingerprint density at radius 1 is 0.962 bits per heavy atom. The van der Waals surface area contributed by atoms with Gasteiger partial charge in [0.05, 0.1) is 5.02 Å². The maximum atomic E-state index is 14.0. The number of carbonyl (C=O) groups excluding carboxylic acids is 3. The Bertz CT molecular complexity index is 1950. The normalized spacial score (nSPS) is 15.1. The molecule has 53 heavy (non-hydrogen) atoms. The molecule has 0 unspecified atom stereocenters. The smallest absolute Gasteiger partial charge is 0.414 e. The van der Waals surface area contributed by atoms with Gasteiger partial charge in [0.15, 0.2) is 0 Å². The molecule has 0 spiro atoms. The first kappa shape index (κ1) is 41.6. The Kier molecular flexibility index (Phi) is 13.6. The highest BCUT2D eigenvalue weighted by atomic mass is 35.5. The van der Waals surface area contributed by atoms with E-state index in [0.717, 1.165) is 15.4 Å². The number of nitrogens with zero attached hydrogens (tertiary/aromatic N) is 3. The number of aromatic nitrogens is 1. The van der Waals surface area contributed by atoms with Gasteiger partial charge in [-0.05, 0) is 92.0 Å². The van der Waals surface area contributed by atoms with Crippen molar-refractivity contribution in [3.05, 3.63) is 63.8 Å². The Labute approximate surface area is 320 Å². The second kappa shape index (κ2) is 17.3. The minimum Gasteiger partial charge on any atom is -0.487 e. The molecule has 0 radical (unpaired) electrons. The third-order valence-corrected chi connectivity index (χ3v) is 10.4. The number of para-hydroxylation sites is 1. The van der Waals surface area contributed by atoms with Crippen molar-refractivity contribution in [1.82, 2.24) is 25.2 Å². The molecular formula is C36H46Cl2N6O8S. The maximum Gasteiger partial charge on any atom is 0.414 e. The number of amides is 3. The number of hydrogen-bond donors (Lipinski definition) is 3. The summed E-state index contributed by atoms with van der Waals surface area (Å²) in [6.07, 6.45) is -0.603. The quantitative estimate of drug-likeness (QED) is 0.118. The first-order valence-electron chi connectivity index (χ1n) is 17.1. The van der Waals surface area contributed by atoms with Crippen LogP contribution in [0, 0.1) is 6.92 Å². The number of hydrogen-bond acceptors (Lipinski definition) is 10. The van der Waals surface area contributed by atoms with Crippen molar-refractivity contribution in [3.8, 4) is 5.75 Å². The molecular weight excluding hydrogens is 747 g/mol. The minimum atomic E-state index is -4.23. The maximum absolute atomic E-state index is 14.0. The van der Waals surface area contributed by atoms with Gasteiger partial charge in [-0.1, -0.05) is 41.4 Å². The molecule has 2 heterocycles. The second-order valence-corrected chi connectivity index (χ2v) is 17.0. The number of aryl methyl sites for hydroxylation is 1. The van der Waals surface area contributed by atoms with Gasteiger partial charge in [0.2, 0.25) is 21.9 Å². The summed E-state index contributed by atoms with van der Waals surface area (Å²) in [6, 6.07) is 11.1. The van der Waals surface area contributed by atoms with Crippen LogP contribution in [-0.4, -0.2) is 78.6 Å². The van der Waals surface area contributed by atoms with E-state index in [1.807, 2.05) is 31.2 Å². The highest BCUT2D eigenvalue weighted by Gasteiger charge is 2.40. The summed E-state index contributed by atoms with van der Waals surface area (Å²) in [4.78, 5) is 46.6. The lowest BCUT2D eigenvalue weighted by Crippen LogP contribution is -2.47. The van der Waals surface area contributed by atoms with Gasteiger partial charge < -0.3 is 19.5 Å². The average molecular weight is 794 g/mol. The zero-order chi connectivity index (χ0) is 39.1. The summed E-state index contributed by atoms with van der Waals surface area (Å²) in [5, 5.41) is 8.57. The van der Waals surface area contributed by atoms with Crippen molar-refractivity contribution >= 4 is 68.2 Å².